The Labute approximate surface area is 184 Å². The topological polar surface area (TPSA) is 123 Å². The Morgan fingerprint density at radius 1 is 1.26 bits per heavy atom. The van der Waals surface area contributed by atoms with Crippen molar-refractivity contribution in [3.05, 3.63) is 36.1 Å². The minimum atomic E-state index is -0.487. The van der Waals surface area contributed by atoms with E-state index in [0.29, 0.717) is 62.5 Å². The number of nitrogens with two attached hydrogens (primary N) is 1. The number of para-hydroxylation sites is 2. The third kappa shape index (κ3) is 8.59. The van der Waals surface area contributed by atoms with E-state index in [1.807, 2.05) is 18.2 Å². The number of rotatable bonds is 12. The van der Waals surface area contributed by atoms with Crippen LogP contribution in [0.25, 0.3) is 0 Å². The lowest BCUT2D eigenvalue weighted by molar-refractivity contribution is -0.151. The zero-order valence-electron chi connectivity index (χ0n) is 18.4. The summed E-state index contributed by atoms with van der Waals surface area (Å²) in [5.74, 6) is 0.430. The second kappa shape index (κ2) is 13.0. The van der Waals surface area contributed by atoms with Gasteiger partial charge >= 0.3 is 0 Å². The first-order valence-corrected chi connectivity index (χ1v) is 10.9. The molecular formula is C23H35N3O5. The number of ether oxygens (including phenoxy) is 2. The monoisotopic (exact) mass is 433 g/mol. The fourth-order valence-electron chi connectivity index (χ4n) is 3.21. The summed E-state index contributed by atoms with van der Waals surface area (Å²) in [6.07, 6.45) is 4.24. The van der Waals surface area contributed by atoms with Gasteiger partial charge in [0.2, 0.25) is 12.2 Å². The maximum absolute atomic E-state index is 12.5. The molecular weight excluding hydrogens is 398 g/mol. The molecule has 0 unspecified atom stereocenters. The third-order valence-electron chi connectivity index (χ3n) is 5.13. The van der Waals surface area contributed by atoms with E-state index < -0.39 is 6.29 Å². The average molecular weight is 434 g/mol. The molecule has 5 N–H and O–H groups in total. The number of nitrogens with one attached hydrogen (secondary N) is 2. The molecule has 0 fully saturated rings. The summed E-state index contributed by atoms with van der Waals surface area (Å²) in [6.45, 7) is 5.09. The molecule has 1 aliphatic rings. The number of nitrogen functional groups attached to an aromatic ring is 1. The lowest BCUT2D eigenvalue weighted by atomic mass is 9.90. The minimum Gasteiger partial charge on any atom is -0.459 e. The maximum Gasteiger partial charge on any atom is 0.286 e. The normalized spacial score (nSPS) is 18.3. The molecule has 172 valence electrons. The van der Waals surface area contributed by atoms with Gasteiger partial charge in [-0.05, 0) is 49.3 Å². The summed E-state index contributed by atoms with van der Waals surface area (Å²) in [5.41, 5.74) is 6.96. The highest BCUT2D eigenvalue weighted by Gasteiger charge is 2.29. The van der Waals surface area contributed by atoms with Crippen molar-refractivity contribution in [2.75, 3.05) is 30.8 Å². The van der Waals surface area contributed by atoms with Crippen LogP contribution in [0.5, 0.6) is 0 Å². The van der Waals surface area contributed by atoms with Crippen LogP contribution in [0, 0.1) is 11.8 Å². The van der Waals surface area contributed by atoms with Crippen LogP contribution in [-0.2, 0) is 19.1 Å². The molecule has 0 bridgehead atoms. The fourth-order valence-corrected chi connectivity index (χ4v) is 3.21. The lowest BCUT2D eigenvalue weighted by Gasteiger charge is -2.30. The van der Waals surface area contributed by atoms with Crippen molar-refractivity contribution in [3.63, 3.8) is 0 Å². The minimum absolute atomic E-state index is 0.0558. The molecule has 0 aromatic heterocycles. The van der Waals surface area contributed by atoms with Gasteiger partial charge < -0.3 is 30.9 Å². The zero-order chi connectivity index (χ0) is 22.6. The number of hydrogen-bond acceptors (Lipinski definition) is 6. The predicted molar refractivity (Wildman–Crippen MR) is 120 cm³/mol. The molecule has 1 aromatic rings. The number of aliphatic hydroxyl groups is 1. The SMILES string of the molecule is CC(C)[C@H]1C=C(C(=O)NCCCCC(=O)Nc2ccccc2N)O[C@@H](OCCCO)C1. The highest BCUT2D eigenvalue weighted by molar-refractivity contribution is 5.93. The number of amides is 2. The molecule has 2 amide bonds. The summed E-state index contributed by atoms with van der Waals surface area (Å²) < 4.78 is 11.4. The molecule has 8 heteroatoms. The van der Waals surface area contributed by atoms with E-state index >= 15 is 0 Å². The number of hydrogen-bond donors (Lipinski definition) is 4. The van der Waals surface area contributed by atoms with E-state index in [9.17, 15) is 9.59 Å². The largest absolute Gasteiger partial charge is 0.459 e. The van der Waals surface area contributed by atoms with Crippen LogP contribution in [0.3, 0.4) is 0 Å². The van der Waals surface area contributed by atoms with Crippen molar-refractivity contribution in [3.8, 4) is 0 Å². The number of benzene rings is 1. The molecule has 2 rings (SSSR count). The van der Waals surface area contributed by atoms with Crippen molar-refractivity contribution in [2.45, 2.75) is 52.2 Å². The molecule has 0 saturated carbocycles. The molecule has 0 radical (unpaired) electrons. The Morgan fingerprint density at radius 3 is 2.74 bits per heavy atom. The summed E-state index contributed by atoms with van der Waals surface area (Å²) in [7, 11) is 0. The second-order valence-corrected chi connectivity index (χ2v) is 8.02. The molecule has 8 nitrogen and oxygen atoms in total. The molecule has 31 heavy (non-hydrogen) atoms. The van der Waals surface area contributed by atoms with Crippen LogP contribution in [0.2, 0.25) is 0 Å². The van der Waals surface area contributed by atoms with Crippen molar-refractivity contribution in [2.24, 2.45) is 11.8 Å². The summed E-state index contributed by atoms with van der Waals surface area (Å²) >= 11 is 0. The van der Waals surface area contributed by atoms with Gasteiger partial charge in [-0.2, -0.15) is 0 Å². The Morgan fingerprint density at radius 2 is 2.03 bits per heavy atom. The fraction of sp³-hybridized carbons (Fsp3) is 0.565. The first-order chi connectivity index (χ1) is 14.9. The third-order valence-corrected chi connectivity index (χ3v) is 5.13. The van der Waals surface area contributed by atoms with E-state index in [1.54, 1.807) is 12.1 Å². The van der Waals surface area contributed by atoms with E-state index in [0.717, 1.165) is 0 Å². The van der Waals surface area contributed by atoms with Crippen LogP contribution < -0.4 is 16.4 Å². The van der Waals surface area contributed by atoms with E-state index in [4.69, 9.17) is 20.3 Å². The number of carbonyl (C=O) groups is 2. The van der Waals surface area contributed by atoms with Gasteiger partial charge in [-0.25, -0.2) is 0 Å². The van der Waals surface area contributed by atoms with Gasteiger partial charge in [0.1, 0.15) is 0 Å². The highest BCUT2D eigenvalue weighted by atomic mass is 16.7. The van der Waals surface area contributed by atoms with Gasteiger partial charge in [0.05, 0.1) is 18.0 Å². The van der Waals surface area contributed by atoms with E-state index in [1.165, 1.54) is 0 Å². The maximum atomic E-state index is 12.5. The van der Waals surface area contributed by atoms with Crippen molar-refractivity contribution in [1.82, 2.24) is 5.32 Å². The van der Waals surface area contributed by atoms with Crippen molar-refractivity contribution < 1.29 is 24.2 Å². The summed E-state index contributed by atoms with van der Waals surface area (Å²) in [4.78, 5) is 24.6. The number of anilines is 2. The number of aliphatic hydroxyl groups excluding tert-OH is 1. The Bertz CT molecular complexity index is 750. The smallest absolute Gasteiger partial charge is 0.286 e. The zero-order valence-corrected chi connectivity index (χ0v) is 18.4. The van der Waals surface area contributed by atoms with Gasteiger partial charge in [-0.15, -0.1) is 0 Å². The van der Waals surface area contributed by atoms with Crippen LogP contribution in [0.1, 0.15) is 46.0 Å². The molecule has 2 atom stereocenters. The average Bonchev–Trinajstić information content (AvgIpc) is 2.75. The number of carbonyl (C=O) groups excluding carboxylic acids is 2. The van der Waals surface area contributed by atoms with Gasteiger partial charge in [-0.1, -0.05) is 26.0 Å². The van der Waals surface area contributed by atoms with Gasteiger partial charge in [0.25, 0.3) is 5.91 Å². The Balaban J connectivity index is 1.72. The standard InChI is InChI=1S/C23H35N3O5/c1-16(2)17-14-20(31-22(15-17)30-13-7-12-27)23(29)25-11-6-5-10-21(28)26-19-9-4-3-8-18(19)24/h3-4,8-9,14,16-17,22,27H,5-7,10-13,15,24H2,1-2H3,(H,25,29)(H,26,28)/t17-,22+/m0/s1. The quantitative estimate of drug-likeness (QED) is 0.297. The predicted octanol–water partition coefficient (Wildman–Crippen LogP) is 2.80. The molecule has 0 saturated heterocycles. The molecule has 0 spiro atoms. The van der Waals surface area contributed by atoms with E-state index in [2.05, 4.69) is 24.5 Å². The first-order valence-electron chi connectivity index (χ1n) is 10.9. The van der Waals surface area contributed by atoms with Crippen LogP contribution in [0.4, 0.5) is 11.4 Å². The van der Waals surface area contributed by atoms with Crippen LogP contribution in [-0.4, -0.2) is 43.0 Å². The highest BCUT2D eigenvalue weighted by Crippen LogP contribution is 2.28. The van der Waals surface area contributed by atoms with Crippen LogP contribution >= 0.6 is 0 Å². The van der Waals surface area contributed by atoms with Crippen LogP contribution in [0.15, 0.2) is 36.1 Å². The lowest BCUT2D eigenvalue weighted by Crippen LogP contribution is -2.35. The van der Waals surface area contributed by atoms with Gasteiger partial charge in [-0.3, -0.25) is 9.59 Å². The molecule has 0 aliphatic carbocycles. The summed E-state index contributed by atoms with van der Waals surface area (Å²) in [5, 5.41) is 14.6. The molecule has 1 heterocycles. The molecule has 1 aromatic carbocycles. The van der Waals surface area contributed by atoms with Crippen molar-refractivity contribution >= 4 is 23.2 Å². The first kappa shape index (κ1) is 24.7. The number of allylic oxidation sites excluding steroid dienone is 1. The number of unbranched alkanes of at least 4 members (excludes halogenated alkanes) is 1. The van der Waals surface area contributed by atoms with Gasteiger partial charge in [0.15, 0.2) is 5.76 Å². The summed E-state index contributed by atoms with van der Waals surface area (Å²) in [6, 6.07) is 7.12. The molecule has 1 aliphatic heterocycles. The second-order valence-electron chi connectivity index (χ2n) is 8.02. The van der Waals surface area contributed by atoms with Gasteiger partial charge in [0, 0.05) is 26.0 Å². The Kier molecular flexibility index (Phi) is 10.3. The van der Waals surface area contributed by atoms with Crippen molar-refractivity contribution in [1.29, 1.82) is 0 Å². The Hall–Kier alpha value is -2.58. The van der Waals surface area contributed by atoms with E-state index in [-0.39, 0.29) is 30.1 Å².